The normalized spacial score (nSPS) is 15.1. The highest BCUT2D eigenvalue weighted by Crippen LogP contribution is 2.34. The van der Waals surface area contributed by atoms with Crippen LogP contribution in [0, 0.1) is 17.1 Å². The third-order valence-electron chi connectivity index (χ3n) is 5.76. The molecule has 0 saturated carbocycles. The molecular weight excluding hydrogens is 425 g/mol. The number of nitrogens with one attached hydrogen (secondary N) is 2. The van der Waals surface area contributed by atoms with E-state index >= 15 is 0 Å². The van der Waals surface area contributed by atoms with Crippen molar-refractivity contribution in [2.24, 2.45) is 0 Å². The van der Waals surface area contributed by atoms with Gasteiger partial charge in [-0.05, 0) is 54.7 Å². The predicted octanol–water partition coefficient (Wildman–Crippen LogP) is 6.53. The van der Waals surface area contributed by atoms with Crippen LogP contribution in [0.5, 0.6) is 0 Å². The number of nitrogens with zero attached hydrogens (tertiary/aromatic N) is 3. The van der Waals surface area contributed by atoms with Crippen LogP contribution in [0.1, 0.15) is 35.6 Å². The van der Waals surface area contributed by atoms with E-state index in [1.54, 1.807) is 12.3 Å². The number of benzene rings is 2. The van der Waals surface area contributed by atoms with E-state index in [1.165, 1.54) is 29.5 Å². The number of rotatable bonds is 4. The summed E-state index contributed by atoms with van der Waals surface area (Å²) in [5.74, 6) is 0.162. The quantitative estimate of drug-likeness (QED) is 0.375. The molecule has 0 radical (unpaired) electrons. The Balaban J connectivity index is 1.54. The monoisotopic (exact) mass is 443 g/mol. The third-order valence-corrected chi connectivity index (χ3v) is 6.06. The number of pyridine rings is 2. The lowest BCUT2D eigenvalue weighted by molar-refractivity contribution is 0.599. The summed E-state index contributed by atoms with van der Waals surface area (Å²) in [7, 11) is 0. The Bertz CT molecular complexity index is 1360. The van der Waals surface area contributed by atoms with E-state index in [2.05, 4.69) is 50.9 Å². The van der Waals surface area contributed by atoms with Crippen LogP contribution >= 0.6 is 11.6 Å². The van der Waals surface area contributed by atoms with Gasteiger partial charge in [0.25, 0.3) is 0 Å². The van der Waals surface area contributed by atoms with Crippen LogP contribution in [0.2, 0.25) is 5.02 Å². The van der Waals surface area contributed by atoms with Gasteiger partial charge in [-0.25, -0.2) is 9.37 Å². The van der Waals surface area contributed by atoms with E-state index in [0.717, 1.165) is 24.6 Å². The smallest absolute Gasteiger partial charge is 0.143 e. The van der Waals surface area contributed by atoms with Crippen LogP contribution in [0.3, 0.4) is 0 Å². The molecule has 32 heavy (non-hydrogen) atoms. The standard InChI is InChI=1S/C25H19ClFN5/c26-20-9-8-17(10-21(20)27)31-25-16(12-28)13-29-23-14-30-24(11-19(23)25)32-22-7-3-5-15-4-1-2-6-18(15)22/h1-2,4,6,8-11,13-14,22H,3,5,7H2,(H,29,31)(H,30,32)/t22-/m0/s1. The average Bonchev–Trinajstić information content (AvgIpc) is 2.82. The van der Waals surface area contributed by atoms with Gasteiger partial charge in [-0.1, -0.05) is 35.9 Å². The van der Waals surface area contributed by atoms with Gasteiger partial charge in [0.2, 0.25) is 0 Å². The van der Waals surface area contributed by atoms with Gasteiger partial charge in [-0.2, -0.15) is 5.26 Å². The molecular formula is C25H19ClFN5. The number of aromatic nitrogens is 2. The Morgan fingerprint density at radius 1 is 1.09 bits per heavy atom. The predicted molar refractivity (Wildman–Crippen MR) is 125 cm³/mol. The highest BCUT2D eigenvalue weighted by Gasteiger charge is 2.20. The van der Waals surface area contributed by atoms with Gasteiger partial charge in [0.15, 0.2) is 0 Å². The molecule has 5 rings (SSSR count). The summed E-state index contributed by atoms with van der Waals surface area (Å²) in [6, 6.07) is 17.1. The lowest BCUT2D eigenvalue weighted by atomic mass is 9.88. The lowest BCUT2D eigenvalue weighted by Crippen LogP contribution is -2.17. The van der Waals surface area contributed by atoms with Crippen molar-refractivity contribution in [3.63, 3.8) is 0 Å². The summed E-state index contributed by atoms with van der Waals surface area (Å²) >= 11 is 5.80. The zero-order valence-corrected chi connectivity index (χ0v) is 17.8. The van der Waals surface area contributed by atoms with E-state index in [9.17, 15) is 9.65 Å². The summed E-state index contributed by atoms with van der Waals surface area (Å²) in [6.07, 6.45) is 6.38. The van der Waals surface area contributed by atoms with Gasteiger partial charge in [0.1, 0.15) is 17.7 Å². The molecule has 1 atom stereocenters. The Morgan fingerprint density at radius 2 is 1.97 bits per heavy atom. The Kier molecular flexibility index (Phi) is 5.34. The summed E-state index contributed by atoms with van der Waals surface area (Å²) < 4.78 is 14.0. The maximum absolute atomic E-state index is 14.0. The van der Waals surface area contributed by atoms with E-state index < -0.39 is 5.82 Å². The van der Waals surface area contributed by atoms with E-state index in [1.807, 2.05) is 6.07 Å². The Morgan fingerprint density at radius 3 is 2.81 bits per heavy atom. The number of nitriles is 1. The molecule has 0 saturated heterocycles. The summed E-state index contributed by atoms with van der Waals surface area (Å²) in [6.45, 7) is 0. The van der Waals surface area contributed by atoms with Crippen molar-refractivity contribution in [1.29, 1.82) is 5.26 Å². The minimum Gasteiger partial charge on any atom is -0.363 e. The molecule has 1 aliphatic carbocycles. The van der Waals surface area contributed by atoms with Crippen molar-refractivity contribution in [1.82, 2.24) is 9.97 Å². The van der Waals surface area contributed by atoms with Gasteiger partial charge in [-0.3, -0.25) is 4.98 Å². The number of fused-ring (bicyclic) bond motifs is 2. The van der Waals surface area contributed by atoms with Crippen molar-refractivity contribution < 1.29 is 4.39 Å². The fraction of sp³-hybridized carbons (Fsp3) is 0.160. The highest BCUT2D eigenvalue weighted by molar-refractivity contribution is 6.30. The molecule has 2 N–H and O–H groups in total. The van der Waals surface area contributed by atoms with Crippen LogP contribution < -0.4 is 10.6 Å². The van der Waals surface area contributed by atoms with Crippen LogP contribution in [0.15, 0.2) is 60.9 Å². The molecule has 4 aromatic rings. The fourth-order valence-electron chi connectivity index (χ4n) is 4.19. The second kappa shape index (κ2) is 8.45. The molecule has 2 aromatic heterocycles. The number of hydrogen-bond acceptors (Lipinski definition) is 5. The van der Waals surface area contributed by atoms with Gasteiger partial charge in [-0.15, -0.1) is 0 Å². The minimum absolute atomic E-state index is 0.0408. The number of anilines is 3. The van der Waals surface area contributed by atoms with Crippen LogP contribution in [-0.4, -0.2) is 9.97 Å². The molecule has 2 aromatic carbocycles. The average molecular weight is 444 g/mol. The Labute approximate surface area is 189 Å². The van der Waals surface area contributed by atoms with Crippen molar-refractivity contribution in [3.8, 4) is 6.07 Å². The molecule has 1 aliphatic rings. The number of hydrogen-bond donors (Lipinski definition) is 2. The van der Waals surface area contributed by atoms with Crippen molar-refractivity contribution in [2.75, 3.05) is 10.6 Å². The third kappa shape index (κ3) is 3.83. The van der Waals surface area contributed by atoms with Crippen molar-refractivity contribution in [2.45, 2.75) is 25.3 Å². The first kappa shape index (κ1) is 20.2. The van der Waals surface area contributed by atoms with Gasteiger partial charge in [0, 0.05) is 17.3 Å². The molecule has 0 unspecified atom stereocenters. The van der Waals surface area contributed by atoms with Gasteiger partial charge in [0.05, 0.1) is 34.0 Å². The highest BCUT2D eigenvalue weighted by atomic mass is 35.5. The molecule has 158 valence electrons. The maximum Gasteiger partial charge on any atom is 0.143 e. The molecule has 7 heteroatoms. The van der Waals surface area contributed by atoms with Crippen molar-refractivity contribution in [3.05, 3.63) is 88.5 Å². The first-order chi connectivity index (χ1) is 15.6. The zero-order chi connectivity index (χ0) is 22.1. The van der Waals surface area contributed by atoms with Crippen LogP contribution in [0.4, 0.5) is 21.6 Å². The lowest BCUT2D eigenvalue weighted by Gasteiger charge is -2.27. The summed E-state index contributed by atoms with van der Waals surface area (Å²) in [5, 5.41) is 17.1. The summed E-state index contributed by atoms with van der Waals surface area (Å²) in [5.41, 5.74) is 4.68. The molecule has 0 fully saturated rings. The van der Waals surface area contributed by atoms with Crippen molar-refractivity contribution >= 4 is 39.7 Å². The molecule has 5 nitrogen and oxygen atoms in total. The zero-order valence-electron chi connectivity index (χ0n) is 17.1. The van der Waals surface area contributed by atoms with Gasteiger partial charge >= 0.3 is 0 Å². The number of halogens is 2. The van der Waals surface area contributed by atoms with E-state index in [-0.39, 0.29) is 11.1 Å². The Hall–Kier alpha value is -3.69. The molecule has 2 heterocycles. The van der Waals surface area contributed by atoms with Gasteiger partial charge < -0.3 is 10.6 Å². The molecule has 0 aliphatic heterocycles. The fourth-order valence-corrected chi connectivity index (χ4v) is 4.31. The molecule has 0 spiro atoms. The first-order valence-electron chi connectivity index (χ1n) is 10.4. The maximum atomic E-state index is 14.0. The van der Waals surface area contributed by atoms with Crippen LogP contribution in [0.25, 0.3) is 10.9 Å². The number of aryl methyl sites for hydroxylation is 1. The first-order valence-corrected chi connectivity index (χ1v) is 10.8. The largest absolute Gasteiger partial charge is 0.363 e. The summed E-state index contributed by atoms with van der Waals surface area (Å²) in [4.78, 5) is 8.90. The molecule has 0 bridgehead atoms. The second-order valence-electron chi connectivity index (χ2n) is 7.79. The SMILES string of the molecule is N#Cc1cnc2cnc(N[C@H]3CCCc4ccccc43)cc2c1Nc1ccc(Cl)c(F)c1. The van der Waals surface area contributed by atoms with E-state index in [0.29, 0.717) is 28.3 Å². The molecule has 0 amide bonds. The minimum atomic E-state index is -0.534. The van der Waals surface area contributed by atoms with Crippen LogP contribution in [-0.2, 0) is 6.42 Å². The topological polar surface area (TPSA) is 73.6 Å². The second-order valence-corrected chi connectivity index (χ2v) is 8.19. The van der Waals surface area contributed by atoms with E-state index in [4.69, 9.17) is 11.6 Å².